The molecule has 0 amide bonds. The molecule has 21 heavy (non-hydrogen) atoms. The lowest BCUT2D eigenvalue weighted by Crippen LogP contribution is -2.07. The van der Waals surface area contributed by atoms with Crippen LogP contribution in [0.15, 0.2) is 30.7 Å². The van der Waals surface area contributed by atoms with E-state index in [-0.39, 0.29) is 6.61 Å². The Hall–Kier alpha value is -2.18. The maximum Gasteiger partial charge on any atom is 0.168 e. The number of hydrogen-bond acceptors (Lipinski definition) is 5. The van der Waals surface area contributed by atoms with Gasteiger partial charge in [-0.2, -0.15) is 5.10 Å². The van der Waals surface area contributed by atoms with Crippen molar-refractivity contribution in [3.63, 3.8) is 0 Å². The summed E-state index contributed by atoms with van der Waals surface area (Å²) in [4.78, 5) is 8.45. The van der Waals surface area contributed by atoms with Crippen molar-refractivity contribution < 1.29 is 5.11 Å². The Morgan fingerprint density at radius 3 is 2.95 bits per heavy atom. The number of nitrogens with one attached hydrogen (secondary N) is 1. The number of halogens is 1. The first-order valence-corrected chi connectivity index (χ1v) is 6.88. The first kappa shape index (κ1) is 13.8. The summed E-state index contributed by atoms with van der Waals surface area (Å²) in [6.07, 6.45) is 3.17. The van der Waals surface area contributed by atoms with E-state index in [1.807, 2.05) is 25.1 Å². The van der Waals surface area contributed by atoms with Crippen LogP contribution in [0.2, 0.25) is 5.02 Å². The van der Waals surface area contributed by atoms with Crippen molar-refractivity contribution in [3.8, 4) is 5.69 Å². The number of anilines is 1. The molecule has 0 spiro atoms. The van der Waals surface area contributed by atoms with E-state index in [4.69, 9.17) is 16.7 Å². The van der Waals surface area contributed by atoms with Gasteiger partial charge in [-0.05, 0) is 24.6 Å². The van der Waals surface area contributed by atoms with Crippen molar-refractivity contribution in [1.29, 1.82) is 0 Å². The second kappa shape index (κ2) is 5.67. The minimum Gasteiger partial charge on any atom is -0.395 e. The fourth-order valence-electron chi connectivity index (χ4n) is 2.06. The topological polar surface area (TPSA) is 75.9 Å². The van der Waals surface area contributed by atoms with E-state index >= 15 is 0 Å². The van der Waals surface area contributed by atoms with E-state index in [2.05, 4.69) is 20.4 Å². The highest BCUT2D eigenvalue weighted by atomic mass is 35.5. The molecule has 0 saturated carbocycles. The highest BCUT2D eigenvalue weighted by molar-refractivity contribution is 6.31. The van der Waals surface area contributed by atoms with Crippen LogP contribution < -0.4 is 5.32 Å². The van der Waals surface area contributed by atoms with Crippen molar-refractivity contribution >= 4 is 28.5 Å². The summed E-state index contributed by atoms with van der Waals surface area (Å²) in [7, 11) is 0. The standard InChI is InChI=1S/C14H14ClN5O/c1-9-2-3-10(6-12(9)15)20-14-11(7-19-20)13(16-4-5-21)17-8-18-14/h2-3,6-8,21H,4-5H2,1H3,(H,16,17,18). The van der Waals surface area contributed by atoms with Gasteiger partial charge in [0, 0.05) is 11.6 Å². The number of aromatic nitrogens is 4. The monoisotopic (exact) mass is 303 g/mol. The molecule has 0 fully saturated rings. The Morgan fingerprint density at radius 2 is 2.19 bits per heavy atom. The molecule has 0 bridgehead atoms. The van der Waals surface area contributed by atoms with Crippen LogP contribution in [-0.4, -0.2) is 38.0 Å². The van der Waals surface area contributed by atoms with Crippen molar-refractivity contribution in [2.45, 2.75) is 6.92 Å². The molecule has 108 valence electrons. The summed E-state index contributed by atoms with van der Waals surface area (Å²) < 4.78 is 1.71. The zero-order valence-electron chi connectivity index (χ0n) is 11.4. The normalized spacial score (nSPS) is 11.0. The summed E-state index contributed by atoms with van der Waals surface area (Å²) in [5.74, 6) is 0.651. The smallest absolute Gasteiger partial charge is 0.168 e. The zero-order valence-corrected chi connectivity index (χ0v) is 12.2. The molecule has 0 aliphatic heterocycles. The lowest BCUT2D eigenvalue weighted by atomic mass is 10.2. The quantitative estimate of drug-likeness (QED) is 0.772. The second-order valence-electron chi connectivity index (χ2n) is 4.60. The lowest BCUT2D eigenvalue weighted by Gasteiger charge is -2.06. The van der Waals surface area contributed by atoms with Crippen molar-refractivity contribution in [1.82, 2.24) is 19.7 Å². The molecule has 0 saturated heterocycles. The van der Waals surface area contributed by atoms with Gasteiger partial charge in [0.15, 0.2) is 5.65 Å². The van der Waals surface area contributed by atoms with E-state index < -0.39 is 0 Å². The molecule has 0 aliphatic rings. The molecule has 7 heteroatoms. The van der Waals surface area contributed by atoms with Gasteiger partial charge in [-0.1, -0.05) is 17.7 Å². The Balaban J connectivity index is 2.09. The van der Waals surface area contributed by atoms with Crippen LogP contribution in [0.25, 0.3) is 16.7 Å². The third-order valence-corrected chi connectivity index (χ3v) is 3.58. The second-order valence-corrected chi connectivity index (χ2v) is 5.01. The number of hydrogen-bond donors (Lipinski definition) is 2. The fourth-order valence-corrected chi connectivity index (χ4v) is 2.24. The van der Waals surface area contributed by atoms with E-state index in [9.17, 15) is 0 Å². The van der Waals surface area contributed by atoms with E-state index in [1.165, 1.54) is 6.33 Å². The van der Waals surface area contributed by atoms with Gasteiger partial charge in [-0.25, -0.2) is 14.6 Å². The largest absolute Gasteiger partial charge is 0.395 e. The molecule has 2 aromatic heterocycles. The molecule has 0 atom stereocenters. The van der Waals surface area contributed by atoms with Crippen LogP contribution in [-0.2, 0) is 0 Å². The van der Waals surface area contributed by atoms with Crippen LogP contribution in [0.1, 0.15) is 5.56 Å². The number of fused-ring (bicyclic) bond motifs is 1. The van der Waals surface area contributed by atoms with Gasteiger partial charge in [-0.15, -0.1) is 0 Å². The van der Waals surface area contributed by atoms with Gasteiger partial charge in [0.1, 0.15) is 12.1 Å². The van der Waals surface area contributed by atoms with Gasteiger partial charge in [0.25, 0.3) is 0 Å². The first-order chi connectivity index (χ1) is 10.2. The number of nitrogens with zero attached hydrogens (tertiary/aromatic N) is 4. The van der Waals surface area contributed by atoms with Gasteiger partial charge >= 0.3 is 0 Å². The summed E-state index contributed by atoms with van der Waals surface area (Å²) >= 11 is 6.17. The number of aliphatic hydroxyl groups excluding tert-OH is 1. The van der Waals surface area contributed by atoms with E-state index in [1.54, 1.807) is 10.9 Å². The molecular weight excluding hydrogens is 290 g/mol. The predicted octanol–water partition coefficient (Wildman–Crippen LogP) is 2.18. The van der Waals surface area contributed by atoms with Crippen LogP contribution in [0, 0.1) is 6.92 Å². The van der Waals surface area contributed by atoms with Crippen LogP contribution in [0.3, 0.4) is 0 Å². The zero-order chi connectivity index (χ0) is 14.8. The Labute approximate surface area is 126 Å². The van der Waals surface area contributed by atoms with Crippen molar-refractivity contribution in [2.24, 2.45) is 0 Å². The van der Waals surface area contributed by atoms with Crippen molar-refractivity contribution in [3.05, 3.63) is 41.3 Å². The lowest BCUT2D eigenvalue weighted by molar-refractivity contribution is 0.311. The highest BCUT2D eigenvalue weighted by Crippen LogP contribution is 2.24. The Kier molecular flexibility index (Phi) is 3.72. The summed E-state index contributed by atoms with van der Waals surface area (Å²) in [6.45, 7) is 2.41. The van der Waals surface area contributed by atoms with Crippen LogP contribution >= 0.6 is 11.6 Å². The van der Waals surface area contributed by atoms with E-state index in [0.29, 0.717) is 23.0 Å². The van der Waals surface area contributed by atoms with Gasteiger partial charge in [0.05, 0.1) is 23.9 Å². The van der Waals surface area contributed by atoms with Crippen LogP contribution in [0.4, 0.5) is 5.82 Å². The average Bonchev–Trinajstić information content (AvgIpc) is 2.92. The Bertz CT molecular complexity index is 786. The van der Waals surface area contributed by atoms with Gasteiger partial charge in [-0.3, -0.25) is 0 Å². The number of benzene rings is 1. The highest BCUT2D eigenvalue weighted by Gasteiger charge is 2.11. The van der Waals surface area contributed by atoms with Crippen LogP contribution in [0.5, 0.6) is 0 Å². The third kappa shape index (κ3) is 2.55. The van der Waals surface area contributed by atoms with E-state index in [0.717, 1.165) is 16.6 Å². The molecule has 3 aromatic rings. The van der Waals surface area contributed by atoms with Gasteiger partial charge in [0.2, 0.25) is 0 Å². The fraction of sp³-hybridized carbons (Fsp3) is 0.214. The molecule has 2 heterocycles. The molecule has 2 N–H and O–H groups in total. The molecular formula is C14H14ClN5O. The summed E-state index contributed by atoms with van der Waals surface area (Å²) in [5.41, 5.74) is 2.54. The van der Waals surface area contributed by atoms with Crippen molar-refractivity contribution in [2.75, 3.05) is 18.5 Å². The molecule has 0 unspecified atom stereocenters. The molecule has 0 aliphatic carbocycles. The molecule has 0 radical (unpaired) electrons. The maximum atomic E-state index is 8.90. The SMILES string of the molecule is Cc1ccc(-n2ncc3c(NCCO)ncnc32)cc1Cl. The molecule has 6 nitrogen and oxygen atoms in total. The molecule has 3 rings (SSSR count). The minimum absolute atomic E-state index is 0.0349. The number of aryl methyl sites for hydroxylation is 1. The summed E-state index contributed by atoms with van der Waals surface area (Å²) in [6, 6.07) is 5.74. The predicted molar refractivity (Wildman–Crippen MR) is 82.0 cm³/mol. The minimum atomic E-state index is 0.0349. The summed E-state index contributed by atoms with van der Waals surface area (Å²) in [5, 5.41) is 17.8. The molecule has 1 aromatic carbocycles. The maximum absolute atomic E-state index is 8.90. The first-order valence-electron chi connectivity index (χ1n) is 6.50. The third-order valence-electron chi connectivity index (χ3n) is 3.17. The number of rotatable bonds is 4. The van der Waals surface area contributed by atoms with Gasteiger partial charge < -0.3 is 10.4 Å². The number of aliphatic hydroxyl groups is 1. The average molecular weight is 304 g/mol. The Morgan fingerprint density at radius 1 is 1.33 bits per heavy atom.